The SMILES string of the molecule is CCn1nccc1[C@@H]1OCC[C@H]1CNC1=NCCCN1. The van der Waals surface area contributed by atoms with Gasteiger partial charge in [-0.2, -0.15) is 5.10 Å². The summed E-state index contributed by atoms with van der Waals surface area (Å²) in [6.45, 7) is 6.65. The molecule has 0 aliphatic carbocycles. The highest BCUT2D eigenvalue weighted by molar-refractivity contribution is 5.80. The first-order chi connectivity index (χ1) is 9.88. The Bertz CT molecular complexity index is 470. The van der Waals surface area contributed by atoms with Gasteiger partial charge in [-0.1, -0.05) is 0 Å². The van der Waals surface area contributed by atoms with Crippen LogP contribution >= 0.6 is 0 Å². The van der Waals surface area contributed by atoms with Gasteiger partial charge in [0.2, 0.25) is 0 Å². The van der Waals surface area contributed by atoms with Gasteiger partial charge in [0.05, 0.1) is 5.69 Å². The quantitative estimate of drug-likeness (QED) is 0.859. The Kier molecular flexibility index (Phi) is 4.20. The first-order valence-electron chi connectivity index (χ1n) is 7.54. The third-order valence-electron chi connectivity index (χ3n) is 3.98. The summed E-state index contributed by atoms with van der Waals surface area (Å²) in [4.78, 5) is 4.45. The maximum atomic E-state index is 5.93. The summed E-state index contributed by atoms with van der Waals surface area (Å²) in [5.74, 6) is 1.41. The van der Waals surface area contributed by atoms with Crippen molar-refractivity contribution in [3.05, 3.63) is 18.0 Å². The average Bonchev–Trinajstić information content (AvgIpc) is 3.14. The summed E-state index contributed by atoms with van der Waals surface area (Å²) in [5.41, 5.74) is 1.19. The zero-order valence-corrected chi connectivity index (χ0v) is 12.0. The normalized spacial score (nSPS) is 26.1. The molecule has 0 spiro atoms. The van der Waals surface area contributed by atoms with Crippen molar-refractivity contribution < 1.29 is 4.74 Å². The van der Waals surface area contributed by atoms with Crippen LogP contribution in [0.3, 0.4) is 0 Å². The molecule has 0 unspecified atom stereocenters. The number of hydrogen-bond acceptors (Lipinski definition) is 5. The first-order valence-corrected chi connectivity index (χ1v) is 7.54. The summed E-state index contributed by atoms with van der Waals surface area (Å²) >= 11 is 0. The van der Waals surface area contributed by atoms with E-state index in [1.54, 1.807) is 0 Å². The van der Waals surface area contributed by atoms with Crippen LogP contribution in [0.4, 0.5) is 0 Å². The van der Waals surface area contributed by atoms with Crippen molar-refractivity contribution in [1.29, 1.82) is 0 Å². The number of aromatic nitrogens is 2. The molecule has 1 fully saturated rings. The van der Waals surface area contributed by atoms with Gasteiger partial charge in [0.15, 0.2) is 5.96 Å². The molecule has 3 rings (SSSR count). The van der Waals surface area contributed by atoms with Crippen molar-refractivity contribution in [2.75, 3.05) is 26.2 Å². The average molecular weight is 277 g/mol. The third-order valence-corrected chi connectivity index (χ3v) is 3.98. The second-order valence-electron chi connectivity index (χ2n) is 5.30. The zero-order valence-electron chi connectivity index (χ0n) is 12.0. The van der Waals surface area contributed by atoms with Crippen molar-refractivity contribution in [2.45, 2.75) is 32.4 Å². The Labute approximate surface area is 119 Å². The topological polar surface area (TPSA) is 63.5 Å². The van der Waals surface area contributed by atoms with E-state index < -0.39 is 0 Å². The second-order valence-corrected chi connectivity index (χ2v) is 5.30. The fourth-order valence-electron chi connectivity index (χ4n) is 2.90. The minimum absolute atomic E-state index is 0.147. The summed E-state index contributed by atoms with van der Waals surface area (Å²) in [6.07, 6.45) is 4.21. The molecular formula is C14H23N5O. The Morgan fingerprint density at radius 1 is 1.55 bits per heavy atom. The molecule has 2 aliphatic heterocycles. The lowest BCUT2D eigenvalue weighted by molar-refractivity contribution is 0.0840. The monoisotopic (exact) mass is 277 g/mol. The van der Waals surface area contributed by atoms with Crippen LogP contribution in [-0.4, -0.2) is 42.0 Å². The molecule has 1 saturated heterocycles. The van der Waals surface area contributed by atoms with Gasteiger partial charge in [0, 0.05) is 44.9 Å². The number of rotatable bonds is 4. The van der Waals surface area contributed by atoms with Crippen molar-refractivity contribution in [3.8, 4) is 0 Å². The summed E-state index contributed by atoms with van der Waals surface area (Å²) in [7, 11) is 0. The van der Waals surface area contributed by atoms with E-state index in [1.807, 2.05) is 10.9 Å². The predicted octanol–water partition coefficient (Wildman–Crippen LogP) is 0.919. The van der Waals surface area contributed by atoms with E-state index in [0.717, 1.165) is 51.6 Å². The maximum absolute atomic E-state index is 5.93. The van der Waals surface area contributed by atoms with Gasteiger partial charge in [-0.3, -0.25) is 9.67 Å². The summed E-state index contributed by atoms with van der Waals surface area (Å²) in [6, 6.07) is 2.07. The molecule has 2 atom stereocenters. The van der Waals surface area contributed by atoms with Gasteiger partial charge in [-0.05, 0) is 25.8 Å². The number of guanidine groups is 1. The summed E-state index contributed by atoms with van der Waals surface area (Å²) < 4.78 is 7.96. The molecule has 20 heavy (non-hydrogen) atoms. The van der Waals surface area contributed by atoms with Crippen LogP contribution < -0.4 is 10.6 Å². The lowest BCUT2D eigenvalue weighted by atomic mass is 9.99. The molecule has 3 heterocycles. The number of nitrogens with zero attached hydrogens (tertiary/aromatic N) is 3. The number of ether oxygens (including phenoxy) is 1. The highest BCUT2D eigenvalue weighted by Gasteiger charge is 2.31. The molecule has 2 N–H and O–H groups in total. The number of nitrogens with one attached hydrogen (secondary N) is 2. The van der Waals surface area contributed by atoms with E-state index in [2.05, 4.69) is 33.7 Å². The minimum atomic E-state index is 0.147. The Balaban J connectivity index is 1.62. The Morgan fingerprint density at radius 3 is 3.30 bits per heavy atom. The standard InChI is InChI=1S/C14H23N5O/c1-2-19-12(4-8-18-19)13-11(5-9-20-13)10-17-14-15-6-3-7-16-14/h4,8,11,13H,2-3,5-7,9-10H2,1H3,(H2,15,16,17)/t11-,13+/m0/s1. The zero-order chi connectivity index (χ0) is 13.8. The molecule has 1 aromatic rings. The van der Waals surface area contributed by atoms with Crippen LogP contribution in [-0.2, 0) is 11.3 Å². The number of aliphatic imine (C=N–C) groups is 1. The van der Waals surface area contributed by atoms with Crippen LogP contribution in [0, 0.1) is 5.92 Å². The lowest BCUT2D eigenvalue weighted by Crippen LogP contribution is -2.43. The molecular weight excluding hydrogens is 254 g/mol. The smallest absolute Gasteiger partial charge is 0.191 e. The number of hydrogen-bond donors (Lipinski definition) is 2. The molecule has 2 aliphatic rings. The highest BCUT2D eigenvalue weighted by Crippen LogP contribution is 2.33. The van der Waals surface area contributed by atoms with Crippen LogP contribution in [0.25, 0.3) is 0 Å². The molecule has 0 bridgehead atoms. The second kappa shape index (κ2) is 6.26. The molecule has 0 saturated carbocycles. The third kappa shape index (κ3) is 2.80. The van der Waals surface area contributed by atoms with E-state index >= 15 is 0 Å². The minimum Gasteiger partial charge on any atom is -0.372 e. The molecule has 0 aromatic carbocycles. The van der Waals surface area contributed by atoms with Gasteiger partial charge in [0.1, 0.15) is 6.10 Å². The fraction of sp³-hybridized carbons (Fsp3) is 0.714. The van der Waals surface area contributed by atoms with Crippen LogP contribution in [0.1, 0.15) is 31.6 Å². The fourth-order valence-corrected chi connectivity index (χ4v) is 2.90. The van der Waals surface area contributed by atoms with Crippen molar-refractivity contribution in [1.82, 2.24) is 20.4 Å². The van der Waals surface area contributed by atoms with E-state index in [1.165, 1.54) is 5.69 Å². The van der Waals surface area contributed by atoms with Gasteiger partial charge >= 0.3 is 0 Å². The number of aryl methyl sites for hydroxylation is 1. The Morgan fingerprint density at radius 2 is 2.50 bits per heavy atom. The first kappa shape index (κ1) is 13.4. The lowest BCUT2D eigenvalue weighted by Gasteiger charge is -2.22. The van der Waals surface area contributed by atoms with E-state index in [-0.39, 0.29) is 6.10 Å². The molecule has 0 amide bonds. The molecule has 6 nitrogen and oxygen atoms in total. The molecule has 110 valence electrons. The molecule has 6 heteroatoms. The van der Waals surface area contributed by atoms with Gasteiger partial charge in [-0.15, -0.1) is 0 Å². The summed E-state index contributed by atoms with van der Waals surface area (Å²) in [5, 5.41) is 11.1. The van der Waals surface area contributed by atoms with E-state index in [4.69, 9.17) is 4.74 Å². The van der Waals surface area contributed by atoms with Gasteiger partial charge < -0.3 is 15.4 Å². The molecule has 0 radical (unpaired) electrons. The van der Waals surface area contributed by atoms with Crippen molar-refractivity contribution in [3.63, 3.8) is 0 Å². The van der Waals surface area contributed by atoms with Crippen LogP contribution in [0.5, 0.6) is 0 Å². The van der Waals surface area contributed by atoms with E-state index in [0.29, 0.717) is 5.92 Å². The molecule has 1 aromatic heterocycles. The van der Waals surface area contributed by atoms with Gasteiger partial charge in [-0.25, -0.2) is 0 Å². The highest BCUT2D eigenvalue weighted by atomic mass is 16.5. The van der Waals surface area contributed by atoms with Crippen molar-refractivity contribution >= 4 is 5.96 Å². The Hall–Kier alpha value is -1.56. The van der Waals surface area contributed by atoms with Crippen molar-refractivity contribution in [2.24, 2.45) is 10.9 Å². The van der Waals surface area contributed by atoms with Crippen LogP contribution in [0.2, 0.25) is 0 Å². The largest absolute Gasteiger partial charge is 0.372 e. The maximum Gasteiger partial charge on any atom is 0.191 e. The van der Waals surface area contributed by atoms with E-state index in [9.17, 15) is 0 Å². The van der Waals surface area contributed by atoms with Gasteiger partial charge in [0.25, 0.3) is 0 Å². The predicted molar refractivity (Wildman–Crippen MR) is 77.6 cm³/mol. The van der Waals surface area contributed by atoms with Crippen LogP contribution in [0.15, 0.2) is 17.3 Å².